The lowest BCUT2D eigenvalue weighted by molar-refractivity contribution is -0.134. The van der Waals surface area contributed by atoms with Gasteiger partial charge < -0.3 is 14.5 Å². The number of carbonyl (C=O) groups is 2. The molecule has 1 aromatic heterocycles. The van der Waals surface area contributed by atoms with Crippen LogP contribution in [0.25, 0.3) is 6.08 Å². The molecule has 17 heavy (non-hydrogen) atoms. The summed E-state index contributed by atoms with van der Waals surface area (Å²) in [5, 5.41) is 2.70. The molecule has 5 heteroatoms. The molecule has 0 aliphatic rings. The first-order valence-corrected chi connectivity index (χ1v) is 5.19. The van der Waals surface area contributed by atoms with E-state index in [2.05, 4.69) is 10.1 Å². The minimum atomic E-state index is -0.477. The van der Waals surface area contributed by atoms with Gasteiger partial charge >= 0.3 is 5.97 Å². The summed E-state index contributed by atoms with van der Waals surface area (Å²) in [6.45, 7) is 3.72. The van der Waals surface area contributed by atoms with E-state index in [4.69, 9.17) is 4.42 Å². The van der Waals surface area contributed by atoms with Crippen LogP contribution < -0.4 is 5.32 Å². The molecule has 0 aliphatic heterocycles. The van der Waals surface area contributed by atoms with E-state index < -0.39 is 5.97 Å². The van der Waals surface area contributed by atoms with Crippen molar-refractivity contribution >= 4 is 18.0 Å². The van der Waals surface area contributed by atoms with Crippen LogP contribution in [0.15, 0.2) is 22.6 Å². The lowest BCUT2D eigenvalue weighted by atomic mass is 10.3. The third-order valence-electron chi connectivity index (χ3n) is 1.86. The van der Waals surface area contributed by atoms with Crippen LogP contribution in [-0.4, -0.2) is 25.0 Å². The minimum Gasteiger partial charge on any atom is -0.466 e. The molecular weight excluding hydrogens is 222 g/mol. The Bertz CT molecular complexity index is 431. The van der Waals surface area contributed by atoms with Gasteiger partial charge in [-0.25, -0.2) is 4.79 Å². The van der Waals surface area contributed by atoms with Crippen LogP contribution in [-0.2, 0) is 9.53 Å². The maximum Gasteiger partial charge on any atom is 0.330 e. The van der Waals surface area contributed by atoms with Crippen LogP contribution in [0, 0.1) is 0 Å². The van der Waals surface area contributed by atoms with Gasteiger partial charge in [-0.3, -0.25) is 4.79 Å². The van der Waals surface area contributed by atoms with Crippen molar-refractivity contribution in [1.29, 1.82) is 0 Å². The predicted octanol–water partition coefficient (Wildman–Crippen LogP) is 1.60. The van der Waals surface area contributed by atoms with Crippen molar-refractivity contribution in [3.8, 4) is 0 Å². The van der Waals surface area contributed by atoms with E-state index in [0.717, 1.165) is 0 Å². The van der Waals surface area contributed by atoms with Crippen LogP contribution in [0.4, 0.5) is 0 Å². The Balaban J connectivity index is 2.68. The van der Waals surface area contributed by atoms with Gasteiger partial charge in [-0.1, -0.05) is 0 Å². The Hall–Kier alpha value is -2.04. The van der Waals surface area contributed by atoms with E-state index in [0.29, 0.717) is 5.76 Å². The van der Waals surface area contributed by atoms with E-state index in [1.807, 2.05) is 13.8 Å². The molecule has 0 fully saturated rings. The zero-order valence-corrected chi connectivity index (χ0v) is 10.0. The van der Waals surface area contributed by atoms with Gasteiger partial charge in [0.15, 0.2) is 5.76 Å². The molecule has 0 saturated carbocycles. The Morgan fingerprint density at radius 3 is 2.71 bits per heavy atom. The molecule has 1 N–H and O–H groups in total. The summed E-state index contributed by atoms with van der Waals surface area (Å²) < 4.78 is 9.67. The normalized spacial score (nSPS) is 10.8. The molecule has 1 aromatic rings. The van der Waals surface area contributed by atoms with Crippen LogP contribution in [0.3, 0.4) is 0 Å². The monoisotopic (exact) mass is 237 g/mol. The van der Waals surface area contributed by atoms with Crippen LogP contribution in [0.2, 0.25) is 0 Å². The molecule has 1 amide bonds. The second kappa shape index (κ2) is 5.89. The summed E-state index contributed by atoms with van der Waals surface area (Å²) in [4.78, 5) is 22.4. The predicted molar refractivity (Wildman–Crippen MR) is 62.4 cm³/mol. The summed E-state index contributed by atoms with van der Waals surface area (Å²) in [7, 11) is 1.29. The third-order valence-corrected chi connectivity index (χ3v) is 1.86. The van der Waals surface area contributed by atoms with Crippen LogP contribution >= 0.6 is 0 Å². The van der Waals surface area contributed by atoms with Gasteiger partial charge in [0.2, 0.25) is 0 Å². The molecule has 0 unspecified atom stereocenters. The van der Waals surface area contributed by atoms with Gasteiger partial charge in [-0.15, -0.1) is 0 Å². The number of carbonyl (C=O) groups excluding carboxylic acids is 2. The van der Waals surface area contributed by atoms with Crippen molar-refractivity contribution in [2.75, 3.05) is 7.11 Å². The summed E-state index contributed by atoms with van der Waals surface area (Å²) in [6.07, 6.45) is 2.67. The lowest BCUT2D eigenvalue weighted by Gasteiger charge is -2.05. The number of esters is 1. The lowest BCUT2D eigenvalue weighted by Crippen LogP contribution is -2.29. The highest BCUT2D eigenvalue weighted by molar-refractivity contribution is 5.92. The van der Waals surface area contributed by atoms with Crippen LogP contribution in [0.5, 0.6) is 0 Å². The maximum atomic E-state index is 11.5. The summed E-state index contributed by atoms with van der Waals surface area (Å²) in [5.41, 5.74) is 0. The van der Waals surface area contributed by atoms with Gasteiger partial charge in [-0.05, 0) is 32.1 Å². The van der Waals surface area contributed by atoms with E-state index in [-0.39, 0.29) is 17.7 Å². The quantitative estimate of drug-likeness (QED) is 0.638. The summed E-state index contributed by atoms with van der Waals surface area (Å²) in [6, 6.07) is 3.20. The molecule has 0 aromatic carbocycles. The Morgan fingerprint density at radius 2 is 2.12 bits per heavy atom. The number of rotatable bonds is 4. The van der Waals surface area contributed by atoms with Crippen molar-refractivity contribution in [2.24, 2.45) is 0 Å². The number of hydrogen-bond donors (Lipinski definition) is 1. The average molecular weight is 237 g/mol. The first-order valence-electron chi connectivity index (χ1n) is 5.19. The topological polar surface area (TPSA) is 68.5 Å². The highest BCUT2D eigenvalue weighted by Crippen LogP contribution is 2.09. The third kappa shape index (κ3) is 4.14. The molecule has 1 heterocycles. The van der Waals surface area contributed by atoms with Crippen LogP contribution in [0.1, 0.15) is 30.2 Å². The number of methoxy groups -OCH3 is 1. The molecule has 0 saturated heterocycles. The van der Waals surface area contributed by atoms with Crippen molar-refractivity contribution in [1.82, 2.24) is 5.32 Å². The molecular formula is C12H15NO4. The second-order valence-electron chi connectivity index (χ2n) is 3.69. The fourth-order valence-electron chi connectivity index (χ4n) is 1.12. The Kier molecular flexibility index (Phi) is 4.51. The fourth-order valence-corrected chi connectivity index (χ4v) is 1.12. The summed E-state index contributed by atoms with van der Waals surface area (Å²) >= 11 is 0. The Morgan fingerprint density at radius 1 is 1.41 bits per heavy atom. The first kappa shape index (κ1) is 13.0. The number of hydrogen-bond acceptors (Lipinski definition) is 4. The SMILES string of the molecule is COC(=O)C=Cc1ccc(C(=O)NC(C)C)o1. The van der Waals surface area contributed by atoms with Gasteiger partial charge in [0.25, 0.3) is 5.91 Å². The first-order chi connectivity index (χ1) is 8.02. The van der Waals surface area contributed by atoms with Gasteiger partial charge in [-0.2, -0.15) is 0 Å². The van der Waals surface area contributed by atoms with Crippen molar-refractivity contribution in [2.45, 2.75) is 19.9 Å². The molecule has 0 atom stereocenters. The molecule has 0 bridgehead atoms. The standard InChI is InChI=1S/C12H15NO4/c1-8(2)13-12(15)10-6-4-9(17-10)5-7-11(14)16-3/h4-8H,1-3H3,(H,13,15). The highest BCUT2D eigenvalue weighted by Gasteiger charge is 2.10. The van der Waals surface area contributed by atoms with E-state index >= 15 is 0 Å². The second-order valence-corrected chi connectivity index (χ2v) is 3.69. The smallest absolute Gasteiger partial charge is 0.330 e. The number of amides is 1. The zero-order chi connectivity index (χ0) is 12.8. The van der Waals surface area contributed by atoms with Crippen molar-refractivity contribution in [3.05, 3.63) is 29.7 Å². The molecule has 0 spiro atoms. The number of ether oxygens (including phenoxy) is 1. The number of furan rings is 1. The molecule has 1 rings (SSSR count). The summed E-state index contributed by atoms with van der Waals surface area (Å²) in [5.74, 6) is -0.125. The maximum absolute atomic E-state index is 11.5. The van der Waals surface area contributed by atoms with E-state index in [1.165, 1.54) is 19.3 Å². The molecule has 0 radical (unpaired) electrons. The largest absolute Gasteiger partial charge is 0.466 e. The molecule has 0 aliphatic carbocycles. The van der Waals surface area contributed by atoms with Gasteiger partial charge in [0.1, 0.15) is 5.76 Å². The van der Waals surface area contributed by atoms with E-state index in [9.17, 15) is 9.59 Å². The highest BCUT2D eigenvalue weighted by atomic mass is 16.5. The molecule has 5 nitrogen and oxygen atoms in total. The van der Waals surface area contributed by atoms with Gasteiger partial charge in [0, 0.05) is 12.1 Å². The minimum absolute atomic E-state index is 0.0432. The Labute approximate surface area is 99.4 Å². The van der Waals surface area contributed by atoms with E-state index in [1.54, 1.807) is 12.1 Å². The van der Waals surface area contributed by atoms with Crippen molar-refractivity contribution < 1.29 is 18.7 Å². The molecule has 92 valence electrons. The van der Waals surface area contributed by atoms with Gasteiger partial charge in [0.05, 0.1) is 7.11 Å². The zero-order valence-electron chi connectivity index (χ0n) is 10.0. The number of nitrogens with one attached hydrogen (secondary N) is 1. The average Bonchev–Trinajstić information content (AvgIpc) is 2.73. The fraction of sp³-hybridized carbons (Fsp3) is 0.333. The van der Waals surface area contributed by atoms with Crippen molar-refractivity contribution in [3.63, 3.8) is 0 Å².